The Kier molecular flexibility index (Phi) is 9.41. The van der Waals surface area contributed by atoms with Crippen molar-refractivity contribution in [1.82, 2.24) is 4.90 Å². The van der Waals surface area contributed by atoms with Crippen molar-refractivity contribution in [2.75, 3.05) is 25.0 Å². The van der Waals surface area contributed by atoms with Crippen LogP contribution in [0.4, 0.5) is 10.1 Å². The molecule has 41 heavy (non-hydrogen) atoms. The lowest BCUT2D eigenvalue weighted by Crippen LogP contribution is -2.33. The molecule has 1 aliphatic rings. The summed E-state index contributed by atoms with van der Waals surface area (Å²) in [7, 11) is 0. The molecule has 1 unspecified atom stereocenters. The highest BCUT2D eigenvalue weighted by Crippen LogP contribution is 2.24. The van der Waals surface area contributed by atoms with Gasteiger partial charge in [-0.25, -0.2) is 4.39 Å². The number of ether oxygens (including phenoxy) is 2. The minimum Gasteiger partial charge on any atom is -0.511 e. The van der Waals surface area contributed by atoms with E-state index in [1.165, 1.54) is 23.3 Å². The van der Waals surface area contributed by atoms with Crippen LogP contribution in [0.5, 0.6) is 11.5 Å². The van der Waals surface area contributed by atoms with Gasteiger partial charge in [0.1, 0.15) is 23.1 Å². The summed E-state index contributed by atoms with van der Waals surface area (Å²) in [4.78, 5) is 15.5. The van der Waals surface area contributed by atoms with Crippen LogP contribution in [0.3, 0.4) is 0 Å². The van der Waals surface area contributed by atoms with E-state index in [1.807, 2.05) is 36.4 Å². The summed E-state index contributed by atoms with van der Waals surface area (Å²) in [6.07, 6.45) is 2.52. The van der Waals surface area contributed by atoms with E-state index in [0.717, 1.165) is 25.1 Å². The number of nitrogens with zero attached hydrogens (tertiary/aromatic N) is 1. The first-order chi connectivity index (χ1) is 20.0. The van der Waals surface area contributed by atoms with Crippen molar-refractivity contribution in [2.24, 2.45) is 5.92 Å². The number of rotatable bonds is 11. The van der Waals surface area contributed by atoms with E-state index in [-0.39, 0.29) is 24.1 Å². The molecule has 210 valence electrons. The monoisotopic (exact) mass is 552 g/mol. The summed E-state index contributed by atoms with van der Waals surface area (Å²) >= 11 is 0. The second-order valence-electron chi connectivity index (χ2n) is 10.1. The first-order valence-electron chi connectivity index (χ1n) is 13.7. The second-order valence-corrected chi connectivity index (χ2v) is 10.1. The van der Waals surface area contributed by atoms with Crippen molar-refractivity contribution < 1.29 is 23.8 Å². The van der Waals surface area contributed by atoms with Crippen molar-refractivity contribution >= 4 is 11.6 Å². The molecule has 0 spiro atoms. The van der Waals surface area contributed by atoms with Crippen LogP contribution in [0.25, 0.3) is 0 Å². The normalized spacial score (nSPS) is 14.2. The molecule has 1 atom stereocenters. The van der Waals surface area contributed by atoms with E-state index >= 15 is 0 Å². The van der Waals surface area contributed by atoms with Crippen LogP contribution in [-0.2, 0) is 29.1 Å². The molecule has 6 nitrogen and oxygen atoms in total. The van der Waals surface area contributed by atoms with E-state index in [9.17, 15) is 14.3 Å². The molecule has 1 heterocycles. The van der Waals surface area contributed by atoms with Gasteiger partial charge in [-0.1, -0.05) is 54.6 Å². The highest BCUT2D eigenvalue weighted by Gasteiger charge is 2.21. The van der Waals surface area contributed by atoms with Crippen molar-refractivity contribution in [3.63, 3.8) is 0 Å². The van der Waals surface area contributed by atoms with Crippen LogP contribution in [0.1, 0.15) is 16.7 Å². The van der Waals surface area contributed by atoms with Gasteiger partial charge in [0.2, 0.25) is 5.91 Å². The van der Waals surface area contributed by atoms with E-state index in [1.54, 1.807) is 42.5 Å². The first kappa shape index (κ1) is 28.1. The van der Waals surface area contributed by atoms with Crippen LogP contribution in [0, 0.1) is 11.7 Å². The van der Waals surface area contributed by atoms with E-state index < -0.39 is 5.92 Å². The van der Waals surface area contributed by atoms with Gasteiger partial charge in [-0.2, -0.15) is 0 Å². The molecule has 1 amide bonds. The number of anilines is 1. The summed E-state index contributed by atoms with van der Waals surface area (Å²) in [5, 5.41) is 13.8. The van der Waals surface area contributed by atoms with Gasteiger partial charge in [0.25, 0.3) is 0 Å². The Bertz CT molecular complexity index is 1460. The van der Waals surface area contributed by atoms with Gasteiger partial charge in [0.15, 0.2) is 0 Å². The van der Waals surface area contributed by atoms with Gasteiger partial charge in [0.05, 0.1) is 25.7 Å². The number of carbonyl (C=O) groups is 1. The molecule has 1 aliphatic heterocycles. The van der Waals surface area contributed by atoms with Crippen LogP contribution in [-0.4, -0.2) is 35.6 Å². The molecule has 4 aromatic rings. The Morgan fingerprint density at radius 2 is 1.56 bits per heavy atom. The maximum absolute atomic E-state index is 13.3. The van der Waals surface area contributed by atoms with Crippen LogP contribution < -0.4 is 10.1 Å². The molecule has 0 fully saturated rings. The Morgan fingerprint density at radius 3 is 2.29 bits per heavy atom. The standard InChI is InChI=1S/C34H33FN2O4/c35-29-10-14-32(15-11-29)41-33-16-12-30(13-17-33)36-34(39)28(24-40-23-25-6-2-1-3-7-25)20-31(38)22-37-19-18-26-8-4-5-9-27(26)21-37/h1-17,20,28,38H,18-19,21-24H2,(H,36,39). The minimum atomic E-state index is -0.703. The number of nitrogens with one attached hydrogen (secondary N) is 1. The van der Waals surface area contributed by atoms with Gasteiger partial charge in [0, 0.05) is 18.8 Å². The predicted octanol–water partition coefficient (Wildman–Crippen LogP) is 6.89. The van der Waals surface area contributed by atoms with Crippen molar-refractivity contribution in [3.8, 4) is 11.5 Å². The fourth-order valence-corrected chi connectivity index (χ4v) is 4.76. The molecular weight excluding hydrogens is 519 g/mol. The van der Waals surface area contributed by atoms with Gasteiger partial charge >= 0.3 is 0 Å². The molecular formula is C34H33FN2O4. The summed E-state index contributed by atoms with van der Waals surface area (Å²) in [5.74, 6) is -0.128. The van der Waals surface area contributed by atoms with Crippen LogP contribution in [0.15, 0.2) is 115 Å². The van der Waals surface area contributed by atoms with Crippen molar-refractivity contribution in [3.05, 3.63) is 137 Å². The lowest BCUT2D eigenvalue weighted by Gasteiger charge is -2.28. The van der Waals surface area contributed by atoms with E-state index in [0.29, 0.717) is 30.3 Å². The summed E-state index contributed by atoms with van der Waals surface area (Å²) in [6.45, 7) is 2.41. The molecule has 2 N–H and O–H groups in total. The number of amides is 1. The molecule has 0 aromatic heterocycles. The molecule has 0 aliphatic carbocycles. The first-order valence-corrected chi connectivity index (χ1v) is 13.7. The minimum absolute atomic E-state index is 0.110. The number of fused-ring (bicyclic) bond motifs is 1. The molecule has 7 heteroatoms. The number of aliphatic hydroxyl groups excluding tert-OH is 1. The van der Waals surface area contributed by atoms with E-state index in [4.69, 9.17) is 9.47 Å². The number of hydrogen-bond donors (Lipinski definition) is 2. The van der Waals surface area contributed by atoms with Gasteiger partial charge in [-0.15, -0.1) is 0 Å². The zero-order chi connectivity index (χ0) is 28.4. The summed E-state index contributed by atoms with van der Waals surface area (Å²) < 4.78 is 24.8. The van der Waals surface area contributed by atoms with Gasteiger partial charge in [-0.05, 0) is 77.7 Å². The third kappa shape index (κ3) is 8.27. The van der Waals surface area contributed by atoms with Gasteiger partial charge in [-0.3, -0.25) is 9.69 Å². The third-order valence-corrected chi connectivity index (χ3v) is 6.91. The van der Waals surface area contributed by atoms with Gasteiger partial charge < -0.3 is 19.9 Å². The maximum atomic E-state index is 13.3. The largest absolute Gasteiger partial charge is 0.511 e. The number of hydrogen-bond acceptors (Lipinski definition) is 5. The third-order valence-electron chi connectivity index (χ3n) is 6.91. The zero-order valence-electron chi connectivity index (χ0n) is 22.7. The smallest absolute Gasteiger partial charge is 0.233 e. The Hall–Kier alpha value is -4.46. The molecule has 0 saturated heterocycles. The molecule has 0 bridgehead atoms. The fourth-order valence-electron chi connectivity index (χ4n) is 4.76. The van der Waals surface area contributed by atoms with Crippen molar-refractivity contribution in [2.45, 2.75) is 19.6 Å². The van der Waals surface area contributed by atoms with Crippen molar-refractivity contribution in [1.29, 1.82) is 0 Å². The van der Waals surface area contributed by atoms with Crippen LogP contribution >= 0.6 is 0 Å². The quantitative estimate of drug-likeness (QED) is 0.198. The number of carbonyl (C=O) groups excluding carboxylic acids is 1. The fraction of sp³-hybridized carbons (Fsp3) is 0.206. The SMILES string of the molecule is O=C(Nc1ccc(Oc2ccc(F)cc2)cc1)C(C=C(O)CN1CCc2ccccc2C1)COCc1ccccc1. The number of halogens is 1. The number of aliphatic hydroxyl groups is 1. The summed E-state index contributed by atoms with van der Waals surface area (Å²) in [5.41, 5.74) is 4.19. The average molecular weight is 553 g/mol. The lowest BCUT2D eigenvalue weighted by molar-refractivity contribution is -0.120. The van der Waals surface area contributed by atoms with E-state index in [2.05, 4.69) is 28.4 Å². The Labute approximate surface area is 239 Å². The lowest BCUT2D eigenvalue weighted by atomic mass is 10.00. The number of benzene rings is 4. The summed E-state index contributed by atoms with van der Waals surface area (Å²) in [6, 6.07) is 30.8. The predicted molar refractivity (Wildman–Crippen MR) is 157 cm³/mol. The maximum Gasteiger partial charge on any atom is 0.233 e. The zero-order valence-corrected chi connectivity index (χ0v) is 22.7. The second kappa shape index (κ2) is 13.7. The highest BCUT2D eigenvalue weighted by atomic mass is 19.1. The molecule has 4 aromatic carbocycles. The molecule has 5 rings (SSSR count). The van der Waals surface area contributed by atoms with Crippen LogP contribution in [0.2, 0.25) is 0 Å². The Morgan fingerprint density at radius 1 is 0.902 bits per heavy atom. The molecule has 0 saturated carbocycles. The average Bonchev–Trinajstić information content (AvgIpc) is 2.99. The highest BCUT2D eigenvalue weighted by molar-refractivity contribution is 5.93. The molecule has 0 radical (unpaired) electrons. The Balaban J connectivity index is 1.23. The topological polar surface area (TPSA) is 71.0 Å².